The third kappa shape index (κ3) is 8.59. The van der Waals surface area contributed by atoms with Crippen LogP contribution in [0.3, 0.4) is 0 Å². The predicted octanol–water partition coefficient (Wildman–Crippen LogP) is 3.67. The molecule has 216 valence electrons. The normalized spacial score (nSPS) is 15.8. The van der Waals surface area contributed by atoms with Gasteiger partial charge in [-0.05, 0) is 62.4 Å². The Morgan fingerprint density at radius 2 is 1.93 bits per heavy atom. The molecule has 0 spiro atoms. The number of aliphatic carboxylic acids is 1. The summed E-state index contributed by atoms with van der Waals surface area (Å²) in [6, 6.07) is 7.01. The number of carbonyl (C=O) groups excluding carboxylic acids is 2. The van der Waals surface area contributed by atoms with Gasteiger partial charge in [0.15, 0.2) is 17.0 Å². The molecule has 0 aliphatic heterocycles. The summed E-state index contributed by atoms with van der Waals surface area (Å²) in [5.41, 5.74) is 8.62. The molecule has 1 aromatic carbocycles. The van der Waals surface area contributed by atoms with Crippen LogP contribution >= 0.6 is 0 Å². The van der Waals surface area contributed by atoms with E-state index in [2.05, 4.69) is 30.6 Å². The third-order valence-electron chi connectivity index (χ3n) is 6.49. The number of allylic oxidation sites excluding steroid dienone is 1. The standard InChI is InChI=1S/C28H34N8O5/c1-36(20-13-11-18(12-14-20)26(39)30-15-7-10-22(37)38)17-19-16-31-25-23(32-19)24(29)33-27(34-25)35-28(40)41-21-8-5-3-2-4-6-9-21/h5,8,11-14,16,21H,2-4,6-7,9-10,15,17H2,1H3,(H,30,39)(H,37,38)(H3,29,31,33,34,35,40)/b8-5+. The number of nitrogen functional groups attached to an aromatic ring is 1. The van der Waals surface area contributed by atoms with E-state index in [9.17, 15) is 14.4 Å². The number of carboxylic acid groups (broad SMARTS) is 1. The highest BCUT2D eigenvalue weighted by Crippen LogP contribution is 2.20. The first-order chi connectivity index (χ1) is 19.8. The van der Waals surface area contributed by atoms with Crippen molar-refractivity contribution in [3.05, 3.63) is 53.9 Å². The summed E-state index contributed by atoms with van der Waals surface area (Å²) in [6.45, 7) is 0.685. The minimum atomic E-state index is -0.894. The monoisotopic (exact) mass is 562 g/mol. The number of carboxylic acids is 1. The van der Waals surface area contributed by atoms with Gasteiger partial charge >= 0.3 is 12.1 Å². The highest BCUT2D eigenvalue weighted by molar-refractivity contribution is 5.94. The zero-order chi connectivity index (χ0) is 29.2. The minimum absolute atomic E-state index is 0.00449. The fraction of sp³-hybridized carbons (Fsp3) is 0.393. The number of amides is 2. The van der Waals surface area contributed by atoms with Crippen molar-refractivity contribution >= 4 is 46.6 Å². The van der Waals surface area contributed by atoms with Gasteiger partial charge < -0.3 is 25.8 Å². The van der Waals surface area contributed by atoms with Crippen molar-refractivity contribution in [1.82, 2.24) is 25.3 Å². The number of nitrogens with zero attached hydrogens (tertiary/aromatic N) is 5. The topological polar surface area (TPSA) is 186 Å². The molecule has 1 aliphatic carbocycles. The van der Waals surface area contributed by atoms with Crippen molar-refractivity contribution in [3.63, 3.8) is 0 Å². The molecule has 3 aromatic rings. The van der Waals surface area contributed by atoms with Gasteiger partial charge in [-0.2, -0.15) is 9.97 Å². The smallest absolute Gasteiger partial charge is 0.414 e. The number of benzene rings is 1. The number of nitrogens with one attached hydrogen (secondary N) is 2. The number of rotatable bonds is 10. The molecule has 1 unspecified atom stereocenters. The van der Waals surface area contributed by atoms with Crippen LogP contribution in [0.2, 0.25) is 0 Å². The molecule has 41 heavy (non-hydrogen) atoms. The van der Waals surface area contributed by atoms with E-state index < -0.39 is 12.1 Å². The van der Waals surface area contributed by atoms with Crippen molar-refractivity contribution in [2.75, 3.05) is 29.5 Å². The first kappa shape index (κ1) is 29.2. The Morgan fingerprint density at radius 3 is 2.71 bits per heavy atom. The number of nitrogens with two attached hydrogens (primary N) is 1. The summed E-state index contributed by atoms with van der Waals surface area (Å²) in [5, 5.41) is 13.9. The molecule has 13 heteroatoms. The summed E-state index contributed by atoms with van der Waals surface area (Å²) < 4.78 is 5.50. The largest absolute Gasteiger partial charge is 0.481 e. The molecule has 1 aliphatic rings. The predicted molar refractivity (Wildman–Crippen MR) is 153 cm³/mol. The Bertz CT molecular complexity index is 1410. The lowest BCUT2D eigenvalue weighted by molar-refractivity contribution is -0.137. The fourth-order valence-electron chi connectivity index (χ4n) is 4.33. The van der Waals surface area contributed by atoms with E-state index in [1.54, 1.807) is 18.3 Å². The summed E-state index contributed by atoms with van der Waals surface area (Å²) in [4.78, 5) is 54.5. The molecule has 2 heterocycles. The maximum absolute atomic E-state index is 12.4. The molecular formula is C28H34N8O5. The average Bonchev–Trinajstić information content (AvgIpc) is 2.92. The van der Waals surface area contributed by atoms with Crippen molar-refractivity contribution < 1.29 is 24.2 Å². The highest BCUT2D eigenvalue weighted by Gasteiger charge is 2.16. The zero-order valence-electron chi connectivity index (χ0n) is 22.9. The van der Waals surface area contributed by atoms with Crippen LogP contribution in [0.5, 0.6) is 0 Å². The Kier molecular flexibility index (Phi) is 9.97. The molecule has 13 nitrogen and oxygen atoms in total. The SMILES string of the molecule is CN(Cc1cnc2nc(NC(=O)OC3/C=C/CCCCC3)nc(N)c2n1)c1ccc(C(=O)NCCCC(=O)O)cc1. The van der Waals surface area contributed by atoms with Crippen LogP contribution in [0.4, 0.5) is 22.2 Å². The van der Waals surface area contributed by atoms with Crippen LogP contribution in [0.15, 0.2) is 42.6 Å². The Balaban J connectivity index is 1.35. The van der Waals surface area contributed by atoms with Gasteiger partial charge in [-0.25, -0.2) is 14.8 Å². The second kappa shape index (κ2) is 14.0. The zero-order valence-corrected chi connectivity index (χ0v) is 22.9. The Hall–Kier alpha value is -4.81. The molecule has 0 fully saturated rings. The summed E-state index contributed by atoms with van der Waals surface area (Å²) in [5.74, 6) is -1.10. The fourth-order valence-corrected chi connectivity index (χ4v) is 4.33. The lowest BCUT2D eigenvalue weighted by atomic mass is 10.0. The highest BCUT2D eigenvalue weighted by atomic mass is 16.6. The number of ether oxygens (including phenoxy) is 1. The van der Waals surface area contributed by atoms with Crippen LogP contribution < -0.4 is 21.3 Å². The second-order valence-corrected chi connectivity index (χ2v) is 9.76. The van der Waals surface area contributed by atoms with Gasteiger partial charge in [0.1, 0.15) is 6.10 Å². The van der Waals surface area contributed by atoms with E-state index in [-0.39, 0.29) is 35.8 Å². The Morgan fingerprint density at radius 1 is 1.12 bits per heavy atom. The number of hydrogen-bond acceptors (Lipinski definition) is 10. The van der Waals surface area contributed by atoms with E-state index in [1.807, 2.05) is 36.2 Å². The Labute approximate surface area is 237 Å². The molecule has 0 saturated heterocycles. The van der Waals surface area contributed by atoms with Crippen LogP contribution in [0.25, 0.3) is 11.2 Å². The van der Waals surface area contributed by atoms with Gasteiger partial charge in [-0.15, -0.1) is 0 Å². The molecule has 2 amide bonds. The van der Waals surface area contributed by atoms with Gasteiger partial charge in [-0.1, -0.05) is 12.5 Å². The number of hydrogen-bond donors (Lipinski definition) is 4. The first-order valence-corrected chi connectivity index (χ1v) is 13.5. The van der Waals surface area contributed by atoms with Crippen LogP contribution in [-0.2, 0) is 16.1 Å². The van der Waals surface area contributed by atoms with E-state index in [0.29, 0.717) is 36.3 Å². The summed E-state index contributed by atoms with van der Waals surface area (Å²) in [6.07, 6.45) is 9.93. The lowest BCUT2D eigenvalue weighted by Crippen LogP contribution is -2.25. The van der Waals surface area contributed by atoms with Crippen molar-refractivity contribution in [2.45, 2.75) is 57.6 Å². The van der Waals surface area contributed by atoms with Crippen molar-refractivity contribution in [2.24, 2.45) is 0 Å². The van der Waals surface area contributed by atoms with E-state index in [0.717, 1.165) is 37.8 Å². The number of aromatic nitrogens is 4. The molecule has 0 saturated carbocycles. The average molecular weight is 563 g/mol. The van der Waals surface area contributed by atoms with Crippen molar-refractivity contribution in [3.8, 4) is 0 Å². The van der Waals surface area contributed by atoms with Gasteiger partial charge in [0.25, 0.3) is 5.91 Å². The maximum Gasteiger partial charge on any atom is 0.414 e. The molecule has 0 radical (unpaired) electrons. The molecule has 2 aromatic heterocycles. The maximum atomic E-state index is 12.4. The molecular weight excluding hydrogens is 528 g/mol. The number of fused-ring (bicyclic) bond motifs is 1. The lowest BCUT2D eigenvalue weighted by Gasteiger charge is -2.19. The van der Waals surface area contributed by atoms with Gasteiger partial charge in [0.2, 0.25) is 5.95 Å². The minimum Gasteiger partial charge on any atom is -0.481 e. The first-order valence-electron chi connectivity index (χ1n) is 13.5. The van der Waals surface area contributed by atoms with E-state index in [4.69, 9.17) is 15.6 Å². The van der Waals surface area contributed by atoms with Gasteiger partial charge in [0.05, 0.1) is 18.4 Å². The number of anilines is 3. The van der Waals surface area contributed by atoms with Gasteiger partial charge in [0, 0.05) is 31.3 Å². The van der Waals surface area contributed by atoms with E-state index in [1.165, 1.54) is 0 Å². The molecule has 1 atom stereocenters. The van der Waals surface area contributed by atoms with Crippen molar-refractivity contribution in [1.29, 1.82) is 0 Å². The third-order valence-corrected chi connectivity index (χ3v) is 6.49. The quantitative estimate of drug-likeness (QED) is 0.209. The number of carbonyl (C=O) groups is 3. The summed E-state index contributed by atoms with van der Waals surface area (Å²) >= 11 is 0. The van der Waals surface area contributed by atoms with Crippen LogP contribution in [0.1, 0.15) is 61.0 Å². The molecule has 5 N–H and O–H groups in total. The van der Waals surface area contributed by atoms with Gasteiger partial charge in [-0.3, -0.25) is 14.9 Å². The molecule has 4 rings (SSSR count). The second-order valence-electron chi connectivity index (χ2n) is 9.76. The van der Waals surface area contributed by atoms with Crippen LogP contribution in [-0.4, -0.2) is 62.7 Å². The van der Waals surface area contributed by atoms with Crippen LogP contribution in [0, 0.1) is 0 Å². The summed E-state index contributed by atoms with van der Waals surface area (Å²) in [7, 11) is 1.87. The van der Waals surface area contributed by atoms with E-state index >= 15 is 0 Å². The molecule has 0 bridgehead atoms.